The summed E-state index contributed by atoms with van der Waals surface area (Å²) in [6, 6.07) is 32.8. The minimum absolute atomic E-state index is 0.0381. The normalized spacial score (nSPS) is 16.1. The SMILES string of the molecule is COCC(=O)N1CCC(c2nc(-c3cc4ccccc4[nH]3)c3c(N)nccn23)CC1.Cc1cc(C(=O)N2CCC(c3nc(-c4cc5ccccc5[nH]4)c4c(N)nccn34)CC2)c(C)[nH]1.Nc1nccn2c(C3CCN(C(=O)C4CCCC4)CC3)nc(-c3cc4ccccc4[nH]3)c12. The van der Waals surface area contributed by atoms with E-state index in [0.717, 1.165) is 182 Å². The maximum absolute atomic E-state index is 13.1. The van der Waals surface area contributed by atoms with Gasteiger partial charge in [0.15, 0.2) is 0 Å². The van der Waals surface area contributed by atoms with Crippen molar-refractivity contribution in [1.82, 2.24) is 77.7 Å². The highest BCUT2D eigenvalue weighted by Crippen LogP contribution is 2.40. The van der Waals surface area contributed by atoms with E-state index in [2.05, 4.69) is 102 Å². The Morgan fingerprint density at radius 3 is 1.23 bits per heavy atom. The topological polar surface area (TPSA) is 302 Å². The van der Waals surface area contributed by atoms with Crippen molar-refractivity contribution in [2.75, 3.05) is 70.2 Å². The molecule has 1 aliphatic carbocycles. The van der Waals surface area contributed by atoms with Crippen LogP contribution in [0.25, 0.3) is 83.4 Å². The summed E-state index contributed by atoms with van der Waals surface area (Å²) in [4.78, 5) is 85.8. The number of nitrogens with one attached hydrogen (secondary N) is 4. The number of aromatic amines is 4. The maximum Gasteiger partial charge on any atom is 0.255 e. The average Bonchev–Trinajstić information content (AvgIpc) is 1.62. The first-order valence-corrected chi connectivity index (χ1v) is 33.5. The summed E-state index contributed by atoms with van der Waals surface area (Å²) in [7, 11) is 1.55. The molecule has 0 bridgehead atoms. The first-order chi connectivity index (χ1) is 46.8. The minimum atomic E-state index is 0.0381. The zero-order chi connectivity index (χ0) is 65.7. The van der Waals surface area contributed by atoms with Crippen molar-refractivity contribution in [2.45, 2.75) is 95.8 Å². The monoisotopic (exact) mass is 1290 g/mol. The number of carbonyl (C=O) groups is 3. The van der Waals surface area contributed by atoms with Gasteiger partial charge in [0.25, 0.3) is 5.91 Å². The highest BCUT2D eigenvalue weighted by Gasteiger charge is 2.35. The van der Waals surface area contributed by atoms with Gasteiger partial charge >= 0.3 is 0 Å². The standard InChI is InChI=1S/C26H27N7O.C25H28N6O.C22H24N6O2/c1-15-13-19(16(2)29-15)26(34)32-10-7-17(8-11-32)25-31-22(23-24(27)28-9-12-33(23)25)21-14-18-5-3-4-6-20(18)30-21;26-23-22-21(20-15-18-7-3-4-8-19(18)28-20)29-24(31(22)14-11-27-23)16-9-12-30(13-10-16)25(32)17-5-1-2-6-17;1-30-13-18(29)27-9-6-14(7-10-27)22-26-19(20-21(23)24-8-11-28(20)22)17-12-15-4-2-3-5-16(15)25-17/h3-6,9,12-14,17,29-30H,7-8,10-11H2,1-2H3,(H2,27,28);3-4,7-8,11,14-17,28H,1-2,5-6,9-10,12-13H2,(H2,26,27);2-5,8,11-12,14,25H,6-7,9-10,13H2,1H3,(H2,23,24). The fourth-order valence-corrected chi connectivity index (χ4v) is 15.1. The molecule has 0 atom stereocenters. The molecule has 10 aromatic heterocycles. The number of aryl methyl sites for hydroxylation is 2. The van der Waals surface area contributed by atoms with Crippen LogP contribution in [0.5, 0.6) is 0 Å². The molecule has 23 heteroatoms. The van der Waals surface area contributed by atoms with Crippen molar-refractivity contribution < 1.29 is 19.1 Å². The highest BCUT2D eigenvalue weighted by molar-refractivity contribution is 5.96. The van der Waals surface area contributed by atoms with Gasteiger partial charge in [-0.2, -0.15) is 0 Å². The van der Waals surface area contributed by atoms with Gasteiger partial charge in [0.1, 0.15) is 75.2 Å². The number of amides is 3. The molecule has 3 saturated heterocycles. The minimum Gasteiger partial charge on any atom is -0.382 e. The summed E-state index contributed by atoms with van der Waals surface area (Å²) in [6.45, 7) is 8.46. The number of fused-ring (bicyclic) bond motifs is 6. The third kappa shape index (κ3) is 11.6. The Labute approximate surface area is 553 Å². The number of piperidine rings is 3. The number of hydrogen-bond acceptors (Lipinski definition) is 13. The van der Waals surface area contributed by atoms with Gasteiger partial charge in [-0.25, -0.2) is 29.9 Å². The lowest BCUT2D eigenvalue weighted by molar-refractivity contribution is -0.137. The molecule has 13 aromatic rings. The number of aromatic nitrogens is 13. The second-order valence-corrected chi connectivity index (χ2v) is 26.1. The lowest BCUT2D eigenvalue weighted by Crippen LogP contribution is -2.41. The van der Waals surface area contributed by atoms with Gasteiger partial charge in [-0.15, -0.1) is 0 Å². The largest absolute Gasteiger partial charge is 0.382 e. The van der Waals surface area contributed by atoms with Crippen LogP contribution in [0.15, 0.2) is 134 Å². The van der Waals surface area contributed by atoms with Crippen molar-refractivity contribution in [3.63, 3.8) is 0 Å². The van der Waals surface area contributed by atoms with Gasteiger partial charge in [0, 0.05) is 151 Å². The molecule has 1 saturated carbocycles. The molecule has 0 spiro atoms. The number of nitrogens with zero attached hydrogens (tertiary/aromatic N) is 12. The van der Waals surface area contributed by atoms with Crippen LogP contribution in [0, 0.1) is 19.8 Å². The number of rotatable bonds is 10. The number of nitrogens with two attached hydrogens (primary N) is 3. The molecular formula is C73H79N19O4. The second-order valence-electron chi connectivity index (χ2n) is 26.1. The Hall–Kier alpha value is -10.8. The van der Waals surface area contributed by atoms with Gasteiger partial charge in [0.05, 0.1) is 22.6 Å². The van der Waals surface area contributed by atoms with E-state index < -0.39 is 0 Å². The number of carbonyl (C=O) groups excluding carboxylic acids is 3. The summed E-state index contributed by atoms with van der Waals surface area (Å²) in [5.74, 6) is 5.84. The summed E-state index contributed by atoms with van der Waals surface area (Å²) >= 11 is 0. The number of nitrogen functional groups attached to an aromatic ring is 3. The molecule has 4 fully saturated rings. The van der Waals surface area contributed by atoms with E-state index in [4.69, 9.17) is 36.9 Å². The number of likely N-dealkylation sites (tertiary alicyclic amines) is 3. The van der Waals surface area contributed by atoms with E-state index in [1.165, 1.54) is 12.8 Å². The van der Waals surface area contributed by atoms with Crippen LogP contribution in [-0.2, 0) is 14.3 Å². The number of hydrogen-bond donors (Lipinski definition) is 7. The Morgan fingerprint density at radius 1 is 0.490 bits per heavy atom. The molecule has 96 heavy (non-hydrogen) atoms. The van der Waals surface area contributed by atoms with Crippen molar-refractivity contribution in [2.24, 2.45) is 5.92 Å². The Morgan fingerprint density at radius 2 is 0.865 bits per heavy atom. The van der Waals surface area contributed by atoms with Gasteiger partial charge in [0.2, 0.25) is 11.8 Å². The first-order valence-electron chi connectivity index (χ1n) is 33.5. The molecular weight excluding hydrogens is 1210 g/mol. The summed E-state index contributed by atoms with van der Waals surface area (Å²) in [5.41, 5.74) is 32.6. The van der Waals surface area contributed by atoms with E-state index in [1.54, 1.807) is 25.7 Å². The first kappa shape index (κ1) is 61.4. The Bertz CT molecular complexity index is 4930. The fraction of sp³-hybridized carbons (Fsp3) is 0.329. The number of para-hydroxylation sites is 3. The molecule has 17 rings (SSSR count). The number of benzene rings is 3. The molecule has 23 nitrogen and oxygen atoms in total. The second kappa shape index (κ2) is 25.8. The molecule has 13 heterocycles. The van der Waals surface area contributed by atoms with Crippen LogP contribution in [0.4, 0.5) is 17.5 Å². The number of methoxy groups -OCH3 is 1. The quantitative estimate of drug-likeness (QED) is 0.0671. The summed E-state index contributed by atoms with van der Waals surface area (Å²) in [5, 5.41) is 3.40. The van der Waals surface area contributed by atoms with Gasteiger partial charge in [-0.3, -0.25) is 27.6 Å². The fourth-order valence-electron chi connectivity index (χ4n) is 15.1. The molecule has 3 aromatic carbocycles. The predicted molar refractivity (Wildman–Crippen MR) is 373 cm³/mol. The number of anilines is 3. The molecule has 10 N–H and O–H groups in total. The Balaban J connectivity index is 0.000000118. The van der Waals surface area contributed by atoms with Crippen molar-refractivity contribution in [3.05, 3.63) is 169 Å². The van der Waals surface area contributed by atoms with E-state index in [-0.39, 0.29) is 42.1 Å². The third-order valence-corrected chi connectivity index (χ3v) is 20.1. The zero-order valence-electron chi connectivity index (χ0n) is 54.3. The van der Waals surface area contributed by atoms with Crippen LogP contribution >= 0.6 is 0 Å². The average molecular weight is 1290 g/mol. The van der Waals surface area contributed by atoms with Crippen LogP contribution in [0.2, 0.25) is 0 Å². The van der Waals surface area contributed by atoms with E-state index >= 15 is 0 Å². The molecule has 4 aliphatic rings. The van der Waals surface area contributed by atoms with Crippen LogP contribution in [0.1, 0.15) is 121 Å². The smallest absolute Gasteiger partial charge is 0.255 e. The van der Waals surface area contributed by atoms with Gasteiger partial charge in [-0.1, -0.05) is 67.4 Å². The van der Waals surface area contributed by atoms with Crippen LogP contribution < -0.4 is 17.2 Å². The van der Waals surface area contributed by atoms with Crippen molar-refractivity contribution >= 4 is 84.4 Å². The van der Waals surface area contributed by atoms with E-state index in [1.807, 2.05) is 90.8 Å². The van der Waals surface area contributed by atoms with Crippen LogP contribution in [0.3, 0.4) is 0 Å². The van der Waals surface area contributed by atoms with Crippen LogP contribution in [-0.4, -0.2) is 148 Å². The lowest BCUT2D eigenvalue weighted by atomic mass is 9.94. The Kier molecular flexibility index (Phi) is 16.5. The maximum atomic E-state index is 13.1. The van der Waals surface area contributed by atoms with E-state index in [9.17, 15) is 14.4 Å². The molecule has 3 aliphatic heterocycles. The lowest BCUT2D eigenvalue weighted by Gasteiger charge is -2.33. The molecule has 3 amide bonds. The van der Waals surface area contributed by atoms with Crippen molar-refractivity contribution in [1.29, 1.82) is 0 Å². The zero-order valence-corrected chi connectivity index (χ0v) is 54.3. The third-order valence-electron chi connectivity index (χ3n) is 20.1. The summed E-state index contributed by atoms with van der Waals surface area (Å²) in [6.07, 6.45) is 20.7. The van der Waals surface area contributed by atoms with Crippen molar-refractivity contribution in [3.8, 4) is 34.2 Å². The predicted octanol–water partition coefficient (Wildman–Crippen LogP) is 11.6. The van der Waals surface area contributed by atoms with E-state index in [0.29, 0.717) is 49.5 Å². The number of H-pyrrole nitrogens is 4. The number of imidazole rings is 3. The molecule has 0 unspecified atom stereocenters. The van der Waals surface area contributed by atoms with Gasteiger partial charge in [-0.05, 0) is 108 Å². The highest BCUT2D eigenvalue weighted by atomic mass is 16.5. The van der Waals surface area contributed by atoms with Gasteiger partial charge < -0.3 is 56.6 Å². The summed E-state index contributed by atoms with van der Waals surface area (Å²) < 4.78 is 11.2. The molecule has 490 valence electrons. The number of ether oxygens (including phenoxy) is 1. The molecule has 0 radical (unpaired) electrons.